The van der Waals surface area contributed by atoms with Crippen molar-refractivity contribution in [2.45, 2.75) is 4.90 Å². The van der Waals surface area contributed by atoms with Gasteiger partial charge in [-0.3, -0.25) is 0 Å². The minimum atomic E-state index is -0.810. The third-order valence-electron chi connectivity index (χ3n) is 2.45. The third-order valence-corrected chi connectivity index (χ3v) is 4.14. The summed E-state index contributed by atoms with van der Waals surface area (Å²) in [5.74, 6) is -0.841. The van der Waals surface area contributed by atoms with E-state index in [1.807, 2.05) is 24.3 Å². The van der Waals surface area contributed by atoms with E-state index in [9.17, 15) is 8.78 Å². The predicted molar refractivity (Wildman–Crippen MR) is 79.7 cm³/mol. The van der Waals surface area contributed by atoms with Gasteiger partial charge in [-0.15, -0.1) is 11.8 Å². The van der Waals surface area contributed by atoms with Gasteiger partial charge in [-0.1, -0.05) is 12.1 Å². The standard InChI is InChI=1S/C14H12BrF2NS/c15-11-3-1-2-4-14(11)18-7-8-19-10-5-6-12(16)13(17)9-10/h1-6,9,18H,7-8H2. The molecule has 0 saturated carbocycles. The number of para-hydroxylation sites is 1. The molecule has 5 heteroatoms. The molecule has 0 atom stereocenters. The van der Waals surface area contributed by atoms with Gasteiger partial charge in [-0.25, -0.2) is 8.78 Å². The molecule has 0 amide bonds. The number of rotatable bonds is 5. The van der Waals surface area contributed by atoms with Crippen LogP contribution in [0.1, 0.15) is 0 Å². The van der Waals surface area contributed by atoms with Gasteiger partial charge >= 0.3 is 0 Å². The van der Waals surface area contributed by atoms with E-state index < -0.39 is 11.6 Å². The first kappa shape index (κ1) is 14.3. The van der Waals surface area contributed by atoms with Crippen LogP contribution in [-0.4, -0.2) is 12.3 Å². The minimum Gasteiger partial charge on any atom is -0.383 e. The maximum atomic E-state index is 13.0. The van der Waals surface area contributed by atoms with Crippen molar-refractivity contribution < 1.29 is 8.78 Å². The molecule has 100 valence electrons. The Hall–Kier alpha value is -1.07. The predicted octanol–water partition coefficient (Wildman–Crippen LogP) is 4.93. The molecule has 1 N–H and O–H groups in total. The topological polar surface area (TPSA) is 12.0 Å². The summed E-state index contributed by atoms with van der Waals surface area (Å²) in [6, 6.07) is 11.8. The summed E-state index contributed by atoms with van der Waals surface area (Å²) in [5.41, 5.74) is 1.02. The molecule has 0 saturated heterocycles. The molecule has 0 bridgehead atoms. The number of hydrogen-bond donors (Lipinski definition) is 1. The SMILES string of the molecule is Fc1ccc(SCCNc2ccccc2Br)cc1F. The molecule has 0 unspecified atom stereocenters. The van der Waals surface area contributed by atoms with E-state index in [4.69, 9.17) is 0 Å². The van der Waals surface area contributed by atoms with Crippen LogP contribution in [0.5, 0.6) is 0 Å². The normalized spacial score (nSPS) is 10.5. The molecule has 1 nitrogen and oxygen atoms in total. The van der Waals surface area contributed by atoms with E-state index in [0.717, 1.165) is 33.4 Å². The molecule has 2 rings (SSSR count). The zero-order valence-electron chi connectivity index (χ0n) is 10.00. The van der Waals surface area contributed by atoms with Crippen molar-refractivity contribution in [3.8, 4) is 0 Å². The van der Waals surface area contributed by atoms with Gasteiger partial charge in [0.1, 0.15) is 0 Å². The minimum absolute atomic E-state index is 0.729. The van der Waals surface area contributed by atoms with Crippen molar-refractivity contribution in [1.29, 1.82) is 0 Å². The van der Waals surface area contributed by atoms with Crippen molar-refractivity contribution in [1.82, 2.24) is 0 Å². The first-order valence-corrected chi connectivity index (χ1v) is 7.51. The zero-order chi connectivity index (χ0) is 13.7. The molecule has 19 heavy (non-hydrogen) atoms. The van der Waals surface area contributed by atoms with E-state index in [-0.39, 0.29) is 0 Å². The second-order valence-corrected chi connectivity index (χ2v) is 5.85. The van der Waals surface area contributed by atoms with E-state index in [0.29, 0.717) is 0 Å². The number of nitrogens with one attached hydrogen (secondary N) is 1. The summed E-state index contributed by atoms with van der Waals surface area (Å²) in [5, 5.41) is 3.27. The summed E-state index contributed by atoms with van der Waals surface area (Å²) in [4.78, 5) is 0.729. The highest BCUT2D eigenvalue weighted by Gasteiger charge is 2.03. The second kappa shape index (κ2) is 6.91. The number of hydrogen-bond acceptors (Lipinski definition) is 2. The molecule has 2 aromatic carbocycles. The molecule has 0 radical (unpaired) electrons. The van der Waals surface area contributed by atoms with E-state index in [1.165, 1.54) is 17.8 Å². The van der Waals surface area contributed by atoms with Crippen LogP contribution >= 0.6 is 27.7 Å². The fraction of sp³-hybridized carbons (Fsp3) is 0.143. The van der Waals surface area contributed by atoms with Gasteiger partial charge in [-0.05, 0) is 46.3 Å². The molecular weight excluding hydrogens is 332 g/mol. The Bertz CT molecular complexity index is 563. The van der Waals surface area contributed by atoms with Crippen molar-refractivity contribution >= 4 is 33.4 Å². The zero-order valence-corrected chi connectivity index (χ0v) is 12.4. The Balaban J connectivity index is 1.81. The Morgan fingerprint density at radius 2 is 1.84 bits per heavy atom. The lowest BCUT2D eigenvalue weighted by molar-refractivity contribution is 0.506. The molecular formula is C14H12BrF2NS. The number of halogens is 3. The Kier molecular flexibility index (Phi) is 5.22. The largest absolute Gasteiger partial charge is 0.383 e. The highest BCUT2D eigenvalue weighted by atomic mass is 79.9. The van der Waals surface area contributed by atoms with E-state index in [2.05, 4.69) is 21.2 Å². The highest BCUT2D eigenvalue weighted by Crippen LogP contribution is 2.23. The first-order chi connectivity index (χ1) is 9.16. The van der Waals surface area contributed by atoms with Gasteiger partial charge in [0.25, 0.3) is 0 Å². The van der Waals surface area contributed by atoms with Gasteiger partial charge in [0.05, 0.1) is 0 Å². The van der Waals surface area contributed by atoms with Crippen LogP contribution in [0.15, 0.2) is 51.8 Å². The van der Waals surface area contributed by atoms with Crippen LogP contribution < -0.4 is 5.32 Å². The van der Waals surface area contributed by atoms with Gasteiger partial charge < -0.3 is 5.32 Å². The smallest absolute Gasteiger partial charge is 0.159 e. The highest BCUT2D eigenvalue weighted by molar-refractivity contribution is 9.10. The first-order valence-electron chi connectivity index (χ1n) is 5.73. The molecule has 0 aliphatic carbocycles. The second-order valence-electron chi connectivity index (χ2n) is 3.83. The molecule has 0 aromatic heterocycles. The Labute approximate surface area is 123 Å². The quantitative estimate of drug-likeness (QED) is 0.610. The van der Waals surface area contributed by atoms with Crippen molar-refractivity contribution in [2.75, 3.05) is 17.6 Å². The van der Waals surface area contributed by atoms with Gasteiger partial charge in [0, 0.05) is 27.4 Å². The Morgan fingerprint density at radius 1 is 1.05 bits per heavy atom. The summed E-state index contributed by atoms with van der Waals surface area (Å²) >= 11 is 4.93. The molecule has 0 fully saturated rings. The number of anilines is 1. The lowest BCUT2D eigenvalue weighted by atomic mass is 10.3. The molecule has 0 aliphatic rings. The lowest BCUT2D eigenvalue weighted by Gasteiger charge is -2.08. The lowest BCUT2D eigenvalue weighted by Crippen LogP contribution is -2.04. The fourth-order valence-corrected chi connectivity index (χ4v) is 2.74. The van der Waals surface area contributed by atoms with Crippen LogP contribution in [0.4, 0.5) is 14.5 Å². The third kappa shape index (κ3) is 4.21. The van der Waals surface area contributed by atoms with Crippen LogP contribution in [0, 0.1) is 11.6 Å². The number of thioether (sulfide) groups is 1. The van der Waals surface area contributed by atoms with E-state index >= 15 is 0 Å². The van der Waals surface area contributed by atoms with Crippen LogP contribution in [0.3, 0.4) is 0 Å². The van der Waals surface area contributed by atoms with Gasteiger partial charge in [0.15, 0.2) is 11.6 Å². The van der Waals surface area contributed by atoms with E-state index in [1.54, 1.807) is 6.07 Å². The molecule has 0 aliphatic heterocycles. The summed E-state index contributed by atoms with van der Waals surface area (Å²) in [7, 11) is 0. The van der Waals surface area contributed by atoms with Crippen molar-refractivity contribution in [3.05, 3.63) is 58.6 Å². The van der Waals surface area contributed by atoms with Crippen molar-refractivity contribution in [3.63, 3.8) is 0 Å². The Morgan fingerprint density at radius 3 is 2.58 bits per heavy atom. The molecule has 2 aromatic rings. The summed E-state index contributed by atoms with van der Waals surface area (Å²) in [6.07, 6.45) is 0. The maximum absolute atomic E-state index is 13.0. The molecule has 0 heterocycles. The fourth-order valence-electron chi connectivity index (χ4n) is 1.53. The summed E-state index contributed by atoms with van der Waals surface area (Å²) < 4.78 is 26.8. The van der Waals surface area contributed by atoms with Crippen molar-refractivity contribution in [2.24, 2.45) is 0 Å². The van der Waals surface area contributed by atoms with Crippen LogP contribution in [-0.2, 0) is 0 Å². The molecule has 0 spiro atoms. The number of benzene rings is 2. The van der Waals surface area contributed by atoms with Gasteiger partial charge in [-0.2, -0.15) is 0 Å². The average molecular weight is 344 g/mol. The monoisotopic (exact) mass is 343 g/mol. The van der Waals surface area contributed by atoms with Gasteiger partial charge in [0.2, 0.25) is 0 Å². The maximum Gasteiger partial charge on any atom is 0.159 e. The van der Waals surface area contributed by atoms with Crippen LogP contribution in [0.25, 0.3) is 0 Å². The van der Waals surface area contributed by atoms with Crippen LogP contribution in [0.2, 0.25) is 0 Å². The average Bonchev–Trinajstić information content (AvgIpc) is 2.40. The summed E-state index contributed by atoms with van der Waals surface area (Å²) in [6.45, 7) is 0.742.